The molecule has 2 heterocycles. The molecule has 1 saturated heterocycles. The van der Waals surface area contributed by atoms with Crippen LogP contribution in [-0.2, 0) is 12.8 Å². The summed E-state index contributed by atoms with van der Waals surface area (Å²) in [4.78, 5) is 24.6. The third-order valence-corrected chi connectivity index (χ3v) is 5.20. The van der Waals surface area contributed by atoms with Crippen molar-refractivity contribution >= 4 is 23.2 Å². The van der Waals surface area contributed by atoms with E-state index in [0.717, 1.165) is 74.1 Å². The Morgan fingerprint density at radius 1 is 0.958 bits per heavy atom. The minimum Gasteiger partial charge on any atom is -0.368 e. The highest BCUT2D eigenvalue weighted by Gasteiger charge is 2.22. The second-order valence-corrected chi connectivity index (χ2v) is 6.91. The molecule has 5 nitrogen and oxygen atoms in total. The van der Waals surface area contributed by atoms with Crippen LogP contribution in [0.2, 0.25) is 5.02 Å². The van der Waals surface area contributed by atoms with Gasteiger partial charge in [-0.05, 0) is 49.9 Å². The van der Waals surface area contributed by atoms with Crippen LogP contribution >= 0.6 is 11.6 Å². The Balaban J connectivity index is 1.49. The standard InChI is InChI=1S/C18H21ClN4O/c19-13-5-7-14(8-6-13)22-9-11-23(12-10-22)18-20-16-4-2-1-3-15(16)17(24)21-18/h5-8H,1-4,9-12H2,(H,20,21,24). The van der Waals surface area contributed by atoms with Gasteiger partial charge in [0.2, 0.25) is 5.95 Å². The number of benzene rings is 1. The Hall–Kier alpha value is -2.01. The van der Waals surface area contributed by atoms with E-state index in [9.17, 15) is 4.79 Å². The van der Waals surface area contributed by atoms with Gasteiger partial charge in [-0.2, -0.15) is 0 Å². The first-order valence-corrected chi connectivity index (χ1v) is 8.96. The molecule has 0 bridgehead atoms. The molecule has 24 heavy (non-hydrogen) atoms. The monoisotopic (exact) mass is 344 g/mol. The first-order chi connectivity index (χ1) is 11.7. The number of hydrogen-bond acceptors (Lipinski definition) is 4. The summed E-state index contributed by atoms with van der Waals surface area (Å²) in [5.41, 5.74) is 3.13. The quantitative estimate of drug-likeness (QED) is 0.910. The van der Waals surface area contributed by atoms with Crippen molar-refractivity contribution in [2.24, 2.45) is 0 Å². The summed E-state index contributed by atoms with van der Waals surface area (Å²) in [6.45, 7) is 3.51. The molecule has 1 fully saturated rings. The first kappa shape index (κ1) is 15.5. The maximum atomic E-state index is 12.3. The molecule has 0 spiro atoms. The summed E-state index contributed by atoms with van der Waals surface area (Å²) in [6, 6.07) is 7.95. The molecule has 0 amide bonds. The molecule has 2 aromatic rings. The molecule has 0 radical (unpaired) electrons. The van der Waals surface area contributed by atoms with Gasteiger partial charge in [0.25, 0.3) is 5.56 Å². The van der Waals surface area contributed by atoms with Crippen LogP contribution in [0.4, 0.5) is 11.6 Å². The number of fused-ring (bicyclic) bond motifs is 1. The number of aromatic nitrogens is 2. The Bertz CT molecular complexity index is 779. The number of nitrogens with zero attached hydrogens (tertiary/aromatic N) is 3. The molecular weight excluding hydrogens is 324 g/mol. The lowest BCUT2D eigenvalue weighted by Gasteiger charge is -2.36. The fourth-order valence-corrected chi connectivity index (χ4v) is 3.69. The lowest BCUT2D eigenvalue weighted by atomic mass is 9.97. The van der Waals surface area contributed by atoms with Crippen LogP contribution < -0.4 is 15.4 Å². The molecule has 0 atom stereocenters. The lowest BCUT2D eigenvalue weighted by Crippen LogP contribution is -2.47. The number of aromatic amines is 1. The molecule has 2 aliphatic rings. The number of aryl methyl sites for hydroxylation is 1. The summed E-state index contributed by atoms with van der Waals surface area (Å²) in [5.74, 6) is 0.733. The second-order valence-electron chi connectivity index (χ2n) is 6.47. The number of halogens is 1. The number of anilines is 2. The molecule has 1 aliphatic heterocycles. The molecule has 0 unspecified atom stereocenters. The van der Waals surface area contributed by atoms with Crippen LogP contribution in [0.25, 0.3) is 0 Å². The normalized spacial score (nSPS) is 17.7. The lowest BCUT2D eigenvalue weighted by molar-refractivity contribution is 0.620. The van der Waals surface area contributed by atoms with E-state index in [-0.39, 0.29) is 5.56 Å². The largest absolute Gasteiger partial charge is 0.368 e. The van der Waals surface area contributed by atoms with E-state index in [1.54, 1.807) is 0 Å². The van der Waals surface area contributed by atoms with Gasteiger partial charge in [-0.1, -0.05) is 11.6 Å². The highest BCUT2D eigenvalue weighted by molar-refractivity contribution is 6.30. The smallest absolute Gasteiger partial charge is 0.255 e. The van der Waals surface area contributed by atoms with Crippen molar-refractivity contribution in [2.75, 3.05) is 36.0 Å². The van der Waals surface area contributed by atoms with E-state index < -0.39 is 0 Å². The third kappa shape index (κ3) is 3.00. The van der Waals surface area contributed by atoms with Crippen molar-refractivity contribution < 1.29 is 0 Å². The van der Waals surface area contributed by atoms with Gasteiger partial charge in [0.1, 0.15) is 0 Å². The second kappa shape index (κ2) is 6.48. The van der Waals surface area contributed by atoms with Gasteiger partial charge in [0, 0.05) is 42.5 Å². The van der Waals surface area contributed by atoms with Crippen molar-refractivity contribution in [1.29, 1.82) is 0 Å². The highest BCUT2D eigenvalue weighted by Crippen LogP contribution is 2.22. The van der Waals surface area contributed by atoms with Crippen LogP contribution in [0.5, 0.6) is 0 Å². The van der Waals surface area contributed by atoms with Crippen LogP contribution in [0.3, 0.4) is 0 Å². The van der Waals surface area contributed by atoms with Gasteiger partial charge in [-0.15, -0.1) is 0 Å². The van der Waals surface area contributed by atoms with Gasteiger partial charge < -0.3 is 9.80 Å². The average Bonchev–Trinajstić information content (AvgIpc) is 2.62. The molecular formula is C18H21ClN4O. The number of H-pyrrole nitrogens is 1. The Kier molecular flexibility index (Phi) is 4.19. The molecule has 0 saturated carbocycles. The molecule has 1 aromatic carbocycles. The summed E-state index contributed by atoms with van der Waals surface area (Å²) < 4.78 is 0. The molecule has 126 valence electrons. The van der Waals surface area contributed by atoms with Crippen molar-refractivity contribution in [3.8, 4) is 0 Å². The van der Waals surface area contributed by atoms with Crippen LogP contribution in [0, 0.1) is 0 Å². The fourth-order valence-electron chi connectivity index (χ4n) is 3.57. The predicted octanol–water partition coefficient (Wildman–Crippen LogP) is 2.63. The molecule has 1 aliphatic carbocycles. The Morgan fingerprint density at radius 2 is 1.62 bits per heavy atom. The number of nitrogens with one attached hydrogen (secondary N) is 1. The van der Waals surface area contributed by atoms with E-state index in [4.69, 9.17) is 16.6 Å². The number of rotatable bonds is 2. The molecule has 1 N–H and O–H groups in total. The predicted molar refractivity (Wildman–Crippen MR) is 97.4 cm³/mol. The van der Waals surface area contributed by atoms with E-state index >= 15 is 0 Å². The third-order valence-electron chi connectivity index (χ3n) is 4.95. The fraction of sp³-hybridized carbons (Fsp3) is 0.444. The van der Waals surface area contributed by atoms with E-state index in [1.165, 1.54) is 5.69 Å². The summed E-state index contributed by atoms with van der Waals surface area (Å²) in [6.07, 6.45) is 4.02. The number of piperazine rings is 1. The van der Waals surface area contributed by atoms with E-state index in [2.05, 4.69) is 26.9 Å². The zero-order chi connectivity index (χ0) is 16.5. The molecule has 4 rings (SSSR count). The SMILES string of the molecule is O=c1[nH]c(N2CCN(c3ccc(Cl)cc3)CC2)nc2c1CCCC2. The zero-order valence-corrected chi connectivity index (χ0v) is 14.4. The van der Waals surface area contributed by atoms with Gasteiger partial charge in [0.15, 0.2) is 0 Å². The average molecular weight is 345 g/mol. The first-order valence-electron chi connectivity index (χ1n) is 8.58. The topological polar surface area (TPSA) is 52.2 Å². The van der Waals surface area contributed by atoms with Crippen LogP contribution in [-0.4, -0.2) is 36.1 Å². The zero-order valence-electron chi connectivity index (χ0n) is 13.6. The highest BCUT2D eigenvalue weighted by atomic mass is 35.5. The maximum absolute atomic E-state index is 12.3. The molecule has 1 aromatic heterocycles. The van der Waals surface area contributed by atoms with Crippen molar-refractivity contribution in [3.63, 3.8) is 0 Å². The van der Waals surface area contributed by atoms with Crippen LogP contribution in [0.1, 0.15) is 24.1 Å². The van der Waals surface area contributed by atoms with Gasteiger partial charge >= 0.3 is 0 Å². The van der Waals surface area contributed by atoms with Crippen molar-refractivity contribution in [2.45, 2.75) is 25.7 Å². The van der Waals surface area contributed by atoms with E-state index in [0.29, 0.717) is 0 Å². The maximum Gasteiger partial charge on any atom is 0.255 e. The van der Waals surface area contributed by atoms with Gasteiger partial charge in [0.05, 0.1) is 5.69 Å². The minimum absolute atomic E-state index is 0.0508. The Morgan fingerprint density at radius 3 is 2.38 bits per heavy atom. The van der Waals surface area contributed by atoms with Gasteiger partial charge in [-0.25, -0.2) is 4.98 Å². The summed E-state index contributed by atoms with van der Waals surface area (Å²) >= 11 is 5.96. The van der Waals surface area contributed by atoms with Gasteiger partial charge in [-0.3, -0.25) is 9.78 Å². The Labute approximate surface area is 146 Å². The summed E-state index contributed by atoms with van der Waals surface area (Å²) in [5, 5.41) is 0.758. The number of hydrogen-bond donors (Lipinski definition) is 1. The minimum atomic E-state index is 0.0508. The van der Waals surface area contributed by atoms with Crippen molar-refractivity contribution in [3.05, 3.63) is 50.9 Å². The summed E-state index contributed by atoms with van der Waals surface area (Å²) in [7, 11) is 0. The molecule has 6 heteroatoms. The van der Waals surface area contributed by atoms with E-state index in [1.807, 2.05) is 12.1 Å². The van der Waals surface area contributed by atoms with Crippen LogP contribution in [0.15, 0.2) is 29.1 Å². The van der Waals surface area contributed by atoms with Crippen molar-refractivity contribution in [1.82, 2.24) is 9.97 Å².